The highest BCUT2D eigenvalue weighted by molar-refractivity contribution is 6.12. The number of nitrogens with zero attached hydrogens (tertiary/aromatic N) is 3. The molecule has 1 heterocycles. The van der Waals surface area contributed by atoms with Gasteiger partial charge in [-0.1, -0.05) is 153 Å². The van der Waals surface area contributed by atoms with E-state index < -0.39 is 0 Å². The van der Waals surface area contributed by atoms with E-state index in [4.69, 9.17) is 15.0 Å². The molecule has 3 heteroatoms. The van der Waals surface area contributed by atoms with Crippen LogP contribution in [0, 0.1) is 0 Å². The van der Waals surface area contributed by atoms with Gasteiger partial charge in [0, 0.05) is 22.1 Å². The molecular formula is C44H31N3. The molecule has 47 heavy (non-hydrogen) atoms. The van der Waals surface area contributed by atoms with Gasteiger partial charge in [-0.25, -0.2) is 15.0 Å². The van der Waals surface area contributed by atoms with Gasteiger partial charge < -0.3 is 0 Å². The predicted octanol–water partition coefficient (Wildman–Crippen LogP) is 11.2. The van der Waals surface area contributed by atoms with Crippen LogP contribution < -0.4 is 0 Å². The van der Waals surface area contributed by atoms with Crippen LogP contribution in [0.3, 0.4) is 0 Å². The molecule has 0 unspecified atom stereocenters. The second-order valence-electron chi connectivity index (χ2n) is 12.8. The van der Waals surface area contributed by atoms with E-state index in [1.807, 2.05) is 60.7 Å². The van der Waals surface area contributed by atoms with Crippen molar-refractivity contribution in [1.82, 2.24) is 15.0 Å². The molecule has 0 bridgehead atoms. The average molecular weight is 602 g/mol. The number of benzene rings is 7. The Balaban J connectivity index is 1.30. The van der Waals surface area contributed by atoms with Gasteiger partial charge in [-0.05, 0) is 67.1 Å². The monoisotopic (exact) mass is 601 g/mol. The summed E-state index contributed by atoms with van der Waals surface area (Å²) in [6, 6.07) is 53.7. The maximum Gasteiger partial charge on any atom is 0.164 e. The zero-order valence-corrected chi connectivity index (χ0v) is 26.3. The topological polar surface area (TPSA) is 38.7 Å². The molecule has 0 radical (unpaired) electrons. The summed E-state index contributed by atoms with van der Waals surface area (Å²) >= 11 is 0. The predicted molar refractivity (Wildman–Crippen MR) is 194 cm³/mol. The van der Waals surface area contributed by atoms with Crippen molar-refractivity contribution in [2.45, 2.75) is 19.3 Å². The quantitative estimate of drug-likeness (QED) is 0.201. The van der Waals surface area contributed by atoms with E-state index in [1.165, 1.54) is 44.0 Å². The Kier molecular flexibility index (Phi) is 6.16. The molecule has 7 aromatic carbocycles. The Morgan fingerprint density at radius 2 is 0.957 bits per heavy atom. The number of fused-ring (bicyclic) bond motifs is 6. The minimum Gasteiger partial charge on any atom is -0.208 e. The van der Waals surface area contributed by atoms with Gasteiger partial charge in [0.05, 0.1) is 0 Å². The van der Waals surface area contributed by atoms with E-state index in [1.54, 1.807) is 0 Å². The highest BCUT2D eigenvalue weighted by atomic mass is 15.0. The first kappa shape index (κ1) is 27.4. The maximum absolute atomic E-state index is 5.07. The first-order chi connectivity index (χ1) is 23.1. The molecule has 1 aliphatic rings. The molecule has 0 fully saturated rings. The van der Waals surface area contributed by atoms with Gasteiger partial charge in [0.2, 0.25) is 0 Å². The lowest BCUT2D eigenvalue weighted by Crippen LogP contribution is -2.14. The van der Waals surface area contributed by atoms with Crippen LogP contribution in [0.1, 0.15) is 25.0 Å². The molecular weight excluding hydrogens is 571 g/mol. The van der Waals surface area contributed by atoms with Crippen LogP contribution in [0.15, 0.2) is 152 Å². The van der Waals surface area contributed by atoms with Gasteiger partial charge in [0.25, 0.3) is 0 Å². The number of hydrogen-bond donors (Lipinski definition) is 0. The highest BCUT2D eigenvalue weighted by Crippen LogP contribution is 2.52. The Morgan fingerprint density at radius 1 is 0.383 bits per heavy atom. The molecule has 0 N–H and O–H groups in total. The molecule has 0 amide bonds. The van der Waals surface area contributed by atoms with Gasteiger partial charge >= 0.3 is 0 Å². The summed E-state index contributed by atoms with van der Waals surface area (Å²) < 4.78 is 0. The van der Waals surface area contributed by atoms with Crippen LogP contribution in [-0.2, 0) is 5.41 Å². The number of hydrogen-bond acceptors (Lipinski definition) is 3. The molecule has 1 aliphatic carbocycles. The van der Waals surface area contributed by atoms with Gasteiger partial charge in [0.1, 0.15) is 0 Å². The summed E-state index contributed by atoms with van der Waals surface area (Å²) in [4.78, 5) is 15.1. The SMILES string of the molecule is CC1(C)c2ccccc2-c2c1ccc1c(-c3cc(-c4nc(-c5ccccc5)nc(-c5ccccc5)n4)cc4ccccc34)cccc21. The smallest absolute Gasteiger partial charge is 0.164 e. The zero-order chi connectivity index (χ0) is 31.5. The molecule has 0 saturated carbocycles. The van der Waals surface area contributed by atoms with Gasteiger partial charge in [0.15, 0.2) is 17.5 Å². The summed E-state index contributed by atoms with van der Waals surface area (Å²) in [5, 5.41) is 4.87. The molecule has 3 nitrogen and oxygen atoms in total. The maximum atomic E-state index is 5.07. The fourth-order valence-electron chi connectivity index (χ4n) is 7.40. The highest BCUT2D eigenvalue weighted by Gasteiger charge is 2.36. The summed E-state index contributed by atoms with van der Waals surface area (Å²) in [7, 11) is 0. The minimum atomic E-state index is -0.0473. The van der Waals surface area contributed by atoms with Crippen molar-refractivity contribution in [3.63, 3.8) is 0 Å². The Labute approximate surface area is 274 Å². The van der Waals surface area contributed by atoms with Crippen molar-refractivity contribution in [2.24, 2.45) is 0 Å². The Morgan fingerprint density at radius 3 is 1.68 bits per heavy atom. The molecule has 0 aliphatic heterocycles. The Bertz CT molecular complexity index is 2420. The number of aromatic nitrogens is 3. The van der Waals surface area contributed by atoms with Crippen LogP contribution in [0.25, 0.3) is 78.0 Å². The standard InChI is InChI=1S/C44H31N3/c1-44(2)38-23-12-11-20-36(38)40-35-22-13-21-33(34(35)24-25-39(40)44)37-27-31(26-30-18-9-10-19-32(30)37)43-46-41(28-14-5-3-6-15-28)45-42(47-43)29-16-7-4-8-17-29/h3-27H,1-2H3. The third-order valence-corrected chi connectivity index (χ3v) is 9.71. The summed E-state index contributed by atoms with van der Waals surface area (Å²) in [5.41, 5.74) is 10.6. The van der Waals surface area contributed by atoms with E-state index in [2.05, 4.69) is 105 Å². The summed E-state index contributed by atoms with van der Waals surface area (Å²) in [6.45, 7) is 4.68. The molecule has 9 rings (SSSR count). The van der Waals surface area contributed by atoms with Crippen molar-refractivity contribution >= 4 is 21.5 Å². The van der Waals surface area contributed by atoms with Crippen LogP contribution in [0.2, 0.25) is 0 Å². The lowest BCUT2D eigenvalue weighted by molar-refractivity contribution is 0.661. The fraction of sp³-hybridized carbons (Fsp3) is 0.0682. The van der Waals surface area contributed by atoms with E-state index in [0.29, 0.717) is 17.5 Å². The first-order valence-electron chi connectivity index (χ1n) is 16.1. The van der Waals surface area contributed by atoms with E-state index in [9.17, 15) is 0 Å². The van der Waals surface area contributed by atoms with Crippen molar-refractivity contribution in [3.05, 3.63) is 163 Å². The van der Waals surface area contributed by atoms with Crippen molar-refractivity contribution in [1.29, 1.82) is 0 Å². The third-order valence-electron chi connectivity index (χ3n) is 9.71. The zero-order valence-electron chi connectivity index (χ0n) is 26.3. The lowest BCUT2D eigenvalue weighted by Gasteiger charge is -2.22. The Hall–Kier alpha value is -5.93. The van der Waals surface area contributed by atoms with Crippen molar-refractivity contribution in [3.8, 4) is 56.4 Å². The van der Waals surface area contributed by atoms with Crippen LogP contribution >= 0.6 is 0 Å². The van der Waals surface area contributed by atoms with E-state index in [-0.39, 0.29) is 5.41 Å². The molecule has 0 spiro atoms. The van der Waals surface area contributed by atoms with Crippen LogP contribution in [0.5, 0.6) is 0 Å². The second kappa shape index (κ2) is 10.6. The molecule has 1 aromatic heterocycles. The largest absolute Gasteiger partial charge is 0.208 e. The fourth-order valence-corrected chi connectivity index (χ4v) is 7.40. The number of rotatable bonds is 4. The molecule has 0 atom stereocenters. The van der Waals surface area contributed by atoms with Gasteiger partial charge in [-0.2, -0.15) is 0 Å². The summed E-state index contributed by atoms with van der Waals surface area (Å²) in [5.74, 6) is 1.97. The molecule has 222 valence electrons. The molecule has 0 saturated heterocycles. The van der Waals surface area contributed by atoms with E-state index >= 15 is 0 Å². The van der Waals surface area contributed by atoms with Crippen molar-refractivity contribution < 1.29 is 0 Å². The molecule has 8 aromatic rings. The summed E-state index contributed by atoms with van der Waals surface area (Å²) in [6.07, 6.45) is 0. The van der Waals surface area contributed by atoms with Crippen LogP contribution in [0.4, 0.5) is 0 Å². The third kappa shape index (κ3) is 4.39. The lowest BCUT2D eigenvalue weighted by atomic mass is 9.81. The normalized spacial score (nSPS) is 13.1. The van der Waals surface area contributed by atoms with Crippen molar-refractivity contribution in [2.75, 3.05) is 0 Å². The minimum absolute atomic E-state index is 0.0473. The second-order valence-corrected chi connectivity index (χ2v) is 12.8. The van der Waals surface area contributed by atoms with Crippen LogP contribution in [-0.4, -0.2) is 15.0 Å². The average Bonchev–Trinajstić information content (AvgIpc) is 3.38. The van der Waals surface area contributed by atoms with E-state index in [0.717, 1.165) is 27.6 Å². The first-order valence-corrected chi connectivity index (χ1v) is 16.1. The van der Waals surface area contributed by atoms with Gasteiger partial charge in [-0.15, -0.1) is 0 Å². The van der Waals surface area contributed by atoms with Gasteiger partial charge in [-0.3, -0.25) is 0 Å².